The summed E-state index contributed by atoms with van der Waals surface area (Å²) < 4.78 is 21.9. The molecular weight excluding hydrogens is 536 g/mol. The van der Waals surface area contributed by atoms with E-state index in [9.17, 15) is 51.1 Å². The van der Waals surface area contributed by atoms with E-state index in [1.165, 1.54) is 24.3 Å². The fourth-order valence-electron chi connectivity index (χ4n) is 4.31. The van der Waals surface area contributed by atoms with Crippen LogP contribution in [0, 0.1) is 0 Å². The number of rotatable bonds is 8. The van der Waals surface area contributed by atoms with Crippen LogP contribution in [0.15, 0.2) is 36.4 Å². The number of aromatic hydroxyl groups is 3. The van der Waals surface area contributed by atoms with Gasteiger partial charge in [0, 0.05) is 11.6 Å². The number of aliphatic hydroxyl groups is 7. The third kappa shape index (κ3) is 6.47. The zero-order chi connectivity index (χ0) is 29.1. The van der Waals surface area contributed by atoms with E-state index in [0.29, 0.717) is 5.56 Å². The Morgan fingerprint density at radius 3 is 1.93 bits per heavy atom. The predicted octanol–water partition coefficient (Wildman–Crippen LogP) is -2.02. The van der Waals surface area contributed by atoms with E-state index in [4.69, 9.17) is 18.9 Å². The summed E-state index contributed by atoms with van der Waals surface area (Å²) in [6.07, 6.45) is -13.1. The molecule has 0 radical (unpaired) electrons. The maximum absolute atomic E-state index is 10.5. The van der Waals surface area contributed by atoms with Gasteiger partial charge < -0.3 is 70.0 Å². The zero-order valence-corrected chi connectivity index (χ0v) is 20.9. The van der Waals surface area contributed by atoms with Gasteiger partial charge in [-0.15, -0.1) is 0 Å². The smallest absolute Gasteiger partial charge is 0.229 e. The van der Waals surface area contributed by atoms with Crippen LogP contribution in [-0.4, -0.2) is 126 Å². The molecule has 0 aliphatic carbocycles. The molecule has 220 valence electrons. The van der Waals surface area contributed by atoms with Crippen LogP contribution >= 0.6 is 0 Å². The normalized spacial score (nSPS) is 34.7. The minimum absolute atomic E-state index is 0.0606. The summed E-state index contributed by atoms with van der Waals surface area (Å²) in [5, 5.41) is 101. The van der Waals surface area contributed by atoms with Crippen molar-refractivity contribution in [1.29, 1.82) is 0 Å². The van der Waals surface area contributed by atoms with Crippen molar-refractivity contribution in [1.82, 2.24) is 0 Å². The van der Waals surface area contributed by atoms with Crippen LogP contribution in [0.3, 0.4) is 0 Å². The van der Waals surface area contributed by atoms with Crippen molar-refractivity contribution in [3.05, 3.63) is 47.5 Å². The molecule has 40 heavy (non-hydrogen) atoms. The van der Waals surface area contributed by atoms with Crippen LogP contribution in [-0.2, 0) is 14.2 Å². The van der Waals surface area contributed by atoms with Gasteiger partial charge in [0.05, 0.1) is 13.2 Å². The highest BCUT2D eigenvalue weighted by Gasteiger charge is 2.48. The highest BCUT2D eigenvalue weighted by molar-refractivity contribution is 5.75. The summed E-state index contributed by atoms with van der Waals surface area (Å²) in [4.78, 5) is 0. The average molecular weight is 569 g/mol. The monoisotopic (exact) mass is 568 g/mol. The van der Waals surface area contributed by atoms with Gasteiger partial charge in [-0.25, -0.2) is 0 Å². The Hall–Kier alpha value is -3.02. The number of ether oxygens (including phenoxy) is 4. The molecule has 0 saturated carbocycles. The summed E-state index contributed by atoms with van der Waals surface area (Å²) in [6.45, 7) is -1.25. The number of benzene rings is 2. The lowest BCUT2D eigenvalue weighted by Crippen LogP contribution is -2.62. The van der Waals surface area contributed by atoms with Crippen molar-refractivity contribution < 1.29 is 70.0 Å². The Balaban J connectivity index is 1.50. The minimum atomic E-state index is -1.81. The van der Waals surface area contributed by atoms with Crippen LogP contribution in [0.2, 0.25) is 0 Å². The molecule has 10 unspecified atom stereocenters. The average Bonchev–Trinajstić information content (AvgIpc) is 2.93. The lowest BCUT2D eigenvalue weighted by atomic mass is 9.98. The maximum atomic E-state index is 10.5. The first-order chi connectivity index (χ1) is 19.0. The maximum Gasteiger partial charge on any atom is 0.229 e. The number of hydrogen-bond donors (Lipinski definition) is 10. The zero-order valence-electron chi connectivity index (χ0n) is 20.9. The second-order valence-electron chi connectivity index (χ2n) is 9.47. The van der Waals surface area contributed by atoms with Crippen molar-refractivity contribution in [2.45, 2.75) is 61.4 Å². The molecule has 0 amide bonds. The Morgan fingerprint density at radius 1 is 0.675 bits per heavy atom. The van der Waals surface area contributed by atoms with Gasteiger partial charge in [0.1, 0.15) is 60.3 Å². The van der Waals surface area contributed by atoms with E-state index in [-0.39, 0.29) is 22.8 Å². The highest BCUT2D eigenvalue weighted by Crippen LogP contribution is 2.38. The molecule has 0 spiro atoms. The molecule has 2 fully saturated rings. The number of aliphatic hydroxyl groups excluding tert-OH is 7. The Morgan fingerprint density at radius 2 is 1.27 bits per heavy atom. The summed E-state index contributed by atoms with van der Waals surface area (Å²) in [5.41, 5.74) is 0.806. The second-order valence-corrected chi connectivity index (χ2v) is 9.47. The van der Waals surface area contributed by atoms with Crippen molar-refractivity contribution in [2.24, 2.45) is 0 Å². The standard InChI is InChI=1S/C26H32O14/c27-9-16-18(31)20(33)22(35)25(38-16)37-10-17-19(32)21(34)23(36)26(39-17)40-24-12(7-14(29)8-15(24)30)4-1-11-2-5-13(28)6-3-11/h1-8,16-23,25-36H,9-10H2. The van der Waals surface area contributed by atoms with Gasteiger partial charge in [0.2, 0.25) is 6.29 Å². The number of phenols is 3. The third-order valence-corrected chi connectivity index (χ3v) is 6.61. The van der Waals surface area contributed by atoms with Crippen LogP contribution in [0.1, 0.15) is 11.1 Å². The molecule has 0 bridgehead atoms. The summed E-state index contributed by atoms with van der Waals surface area (Å²) >= 11 is 0. The summed E-state index contributed by atoms with van der Waals surface area (Å²) in [6, 6.07) is 8.38. The number of hydrogen-bond acceptors (Lipinski definition) is 14. The van der Waals surface area contributed by atoms with Gasteiger partial charge in [-0.3, -0.25) is 0 Å². The summed E-state index contributed by atoms with van der Waals surface area (Å²) in [7, 11) is 0. The fraction of sp³-hybridized carbons (Fsp3) is 0.462. The summed E-state index contributed by atoms with van der Waals surface area (Å²) in [5.74, 6) is -1.02. The molecule has 0 aromatic heterocycles. The Labute approximate surface area is 227 Å². The Kier molecular flexibility index (Phi) is 9.48. The van der Waals surface area contributed by atoms with Crippen LogP contribution in [0.5, 0.6) is 23.0 Å². The molecule has 10 atom stereocenters. The molecule has 2 aliphatic rings. The van der Waals surface area contributed by atoms with E-state index in [0.717, 1.165) is 6.07 Å². The van der Waals surface area contributed by atoms with E-state index in [1.54, 1.807) is 18.2 Å². The van der Waals surface area contributed by atoms with Crippen molar-refractivity contribution in [2.75, 3.05) is 13.2 Å². The molecule has 14 nitrogen and oxygen atoms in total. The lowest BCUT2D eigenvalue weighted by molar-refractivity contribution is -0.323. The first-order valence-electron chi connectivity index (χ1n) is 12.3. The van der Waals surface area contributed by atoms with Gasteiger partial charge in [0.15, 0.2) is 17.8 Å². The third-order valence-electron chi connectivity index (χ3n) is 6.61. The van der Waals surface area contributed by atoms with Crippen LogP contribution in [0.25, 0.3) is 12.2 Å². The molecule has 2 heterocycles. The molecule has 14 heteroatoms. The topological polar surface area (TPSA) is 239 Å². The van der Waals surface area contributed by atoms with Crippen molar-refractivity contribution in [3.8, 4) is 23.0 Å². The molecular formula is C26H32O14. The van der Waals surface area contributed by atoms with Crippen molar-refractivity contribution >= 4 is 12.2 Å². The Bertz CT molecular complexity index is 1150. The van der Waals surface area contributed by atoms with E-state index >= 15 is 0 Å². The molecule has 10 N–H and O–H groups in total. The first kappa shape index (κ1) is 30.0. The molecule has 2 saturated heterocycles. The van der Waals surface area contributed by atoms with Crippen molar-refractivity contribution in [3.63, 3.8) is 0 Å². The highest BCUT2D eigenvalue weighted by atomic mass is 16.7. The van der Waals surface area contributed by atoms with Crippen LogP contribution in [0.4, 0.5) is 0 Å². The predicted molar refractivity (Wildman–Crippen MR) is 134 cm³/mol. The number of phenolic OH excluding ortho intramolecular Hbond substituents is 3. The van der Waals surface area contributed by atoms with Crippen LogP contribution < -0.4 is 4.74 Å². The van der Waals surface area contributed by atoms with E-state index in [2.05, 4.69) is 0 Å². The molecule has 2 aromatic rings. The van der Waals surface area contributed by atoms with Gasteiger partial charge in [-0.05, 0) is 23.8 Å². The van der Waals surface area contributed by atoms with Gasteiger partial charge in [-0.2, -0.15) is 0 Å². The quantitative estimate of drug-likeness (QED) is 0.155. The second kappa shape index (κ2) is 12.7. The minimum Gasteiger partial charge on any atom is -0.508 e. The van der Waals surface area contributed by atoms with E-state index in [1.807, 2.05) is 0 Å². The SMILES string of the molecule is OCC1OC(OCC2OC(Oc3c(O)cc(O)cc3C=Cc3ccc(O)cc3)C(O)C(O)C2O)C(O)C(O)C1O. The van der Waals surface area contributed by atoms with E-state index < -0.39 is 80.4 Å². The first-order valence-corrected chi connectivity index (χ1v) is 12.3. The van der Waals surface area contributed by atoms with Gasteiger partial charge in [-0.1, -0.05) is 24.3 Å². The largest absolute Gasteiger partial charge is 0.508 e. The molecule has 4 rings (SSSR count). The lowest BCUT2D eigenvalue weighted by Gasteiger charge is -2.42. The van der Waals surface area contributed by atoms with Gasteiger partial charge in [0.25, 0.3) is 0 Å². The van der Waals surface area contributed by atoms with Gasteiger partial charge >= 0.3 is 0 Å². The molecule has 2 aliphatic heterocycles. The fourth-order valence-corrected chi connectivity index (χ4v) is 4.31. The molecule has 2 aromatic carbocycles.